The minimum atomic E-state index is -0.149. The van der Waals surface area contributed by atoms with Gasteiger partial charge in [0.2, 0.25) is 0 Å². The monoisotopic (exact) mass is 183 g/mol. The van der Waals surface area contributed by atoms with Crippen molar-refractivity contribution in [2.24, 2.45) is 0 Å². The van der Waals surface area contributed by atoms with Crippen molar-refractivity contribution in [3.05, 3.63) is 29.3 Å². The van der Waals surface area contributed by atoms with E-state index in [4.69, 9.17) is 5.11 Å². The number of benzene rings is 1. The second-order valence-corrected chi connectivity index (χ2v) is 2.65. The molecular formula is C9H13NO3. The summed E-state index contributed by atoms with van der Waals surface area (Å²) in [6.07, 6.45) is 0. The van der Waals surface area contributed by atoms with Gasteiger partial charge in [-0.15, -0.1) is 0 Å². The first-order valence-corrected chi connectivity index (χ1v) is 3.95. The number of aliphatic hydroxyl groups is 1. The van der Waals surface area contributed by atoms with Crippen LogP contribution in [0.5, 0.6) is 5.75 Å². The number of hydrogen-bond acceptors (Lipinski definition) is 4. The van der Waals surface area contributed by atoms with Crippen LogP contribution >= 0.6 is 0 Å². The minimum absolute atomic E-state index is 0.109. The van der Waals surface area contributed by atoms with E-state index in [-0.39, 0.29) is 12.4 Å². The van der Waals surface area contributed by atoms with E-state index in [0.717, 1.165) is 5.56 Å². The summed E-state index contributed by atoms with van der Waals surface area (Å²) in [6, 6.07) is 5.09. The molecule has 0 unspecified atom stereocenters. The lowest BCUT2D eigenvalue weighted by molar-refractivity contribution is 0.0866. The number of aliphatic hydroxyl groups excluding tert-OH is 1. The summed E-state index contributed by atoms with van der Waals surface area (Å²) < 4.78 is 0. The number of aromatic hydroxyl groups is 1. The van der Waals surface area contributed by atoms with Crippen LogP contribution in [-0.2, 0) is 18.0 Å². The topological polar surface area (TPSA) is 61.7 Å². The molecule has 0 aliphatic heterocycles. The molecular weight excluding hydrogens is 170 g/mol. The number of nitrogens with one attached hydrogen (secondary N) is 1. The fraction of sp³-hybridized carbons (Fsp3) is 0.333. The van der Waals surface area contributed by atoms with Gasteiger partial charge in [0.1, 0.15) is 5.75 Å². The summed E-state index contributed by atoms with van der Waals surface area (Å²) in [5.41, 5.74) is 4.08. The molecule has 0 aliphatic carbocycles. The maximum absolute atomic E-state index is 9.36. The molecule has 0 atom stereocenters. The summed E-state index contributed by atoms with van der Waals surface area (Å²) in [6.45, 7) is 0.375. The van der Waals surface area contributed by atoms with E-state index in [9.17, 15) is 5.11 Å². The molecule has 4 heteroatoms. The van der Waals surface area contributed by atoms with Gasteiger partial charge in [0.05, 0.1) is 13.7 Å². The number of hydroxylamine groups is 1. The Kier molecular flexibility index (Phi) is 3.70. The first-order chi connectivity index (χ1) is 6.27. The molecule has 1 rings (SSSR count). The van der Waals surface area contributed by atoms with Gasteiger partial charge >= 0.3 is 0 Å². The third kappa shape index (κ3) is 2.69. The Morgan fingerprint density at radius 2 is 2.23 bits per heavy atom. The lowest BCUT2D eigenvalue weighted by Gasteiger charge is -2.05. The number of hydrogen-bond donors (Lipinski definition) is 3. The fourth-order valence-corrected chi connectivity index (χ4v) is 1.01. The van der Waals surface area contributed by atoms with E-state index in [2.05, 4.69) is 10.3 Å². The standard InChI is InChI=1S/C9H13NO3/c1-13-10-5-7-2-3-8(6-11)9(12)4-7/h2-4,10-12H,5-6H2,1H3. The second-order valence-electron chi connectivity index (χ2n) is 2.65. The van der Waals surface area contributed by atoms with Crippen molar-refractivity contribution in [3.8, 4) is 5.75 Å². The maximum atomic E-state index is 9.36. The summed E-state index contributed by atoms with van der Waals surface area (Å²) in [7, 11) is 1.53. The molecule has 0 heterocycles. The van der Waals surface area contributed by atoms with Gasteiger partial charge in [-0.05, 0) is 11.6 Å². The highest BCUT2D eigenvalue weighted by molar-refractivity contribution is 5.35. The highest BCUT2D eigenvalue weighted by Gasteiger charge is 2.00. The molecule has 0 spiro atoms. The molecule has 1 aromatic rings. The zero-order valence-electron chi connectivity index (χ0n) is 7.45. The predicted octanol–water partition coefficient (Wildman–Crippen LogP) is 0.535. The zero-order chi connectivity index (χ0) is 9.68. The van der Waals surface area contributed by atoms with Crippen LogP contribution in [0, 0.1) is 0 Å². The van der Waals surface area contributed by atoms with Gasteiger partial charge in [0, 0.05) is 12.1 Å². The molecule has 0 aliphatic rings. The van der Waals surface area contributed by atoms with E-state index < -0.39 is 0 Å². The van der Waals surface area contributed by atoms with Crippen molar-refractivity contribution in [2.45, 2.75) is 13.2 Å². The normalized spacial score (nSPS) is 10.3. The molecule has 1 aromatic carbocycles. The summed E-state index contributed by atoms with van der Waals surface area (Å²) in [5.74, 6) is 0.109. The smallest absolute Gasteiger partial charge is 0.121 e. The third-order valence-corrected chi connectivity index (χ3v) is 1.74. The SMILES string of the molecule is CONCc1ccc(CO)c(O)c1. The van der Waals surface area contributed by atoms with Crippen molar-refractivity contribution in [2.75, 3.05) is 7.11 Å². The van der Waals surface area contributed by atoms with E-state index >= 15 is 0 Å². The maximum Gasteiger partial charge on any atom is 0.121 e. The highest BCUT2D eigenvalue weighted by atomic mass is 16.6. The number of rotatable bonds is 4. The van der Waals surface area contributed by atoms with Crippen LogP contribution in [0.25, 0.3) is 0 Å². The first kappa shape index (κ1) is 9.98. The second kappa shape index (κ2) is 4.81. The zero-order valence-corrected chi connectivity index (χ0v) is 7.45. The van der Waals surface area contributed by atoms with Crippen LogP contribution < -0.4 is 5.48 Å². The Morgan fingerprint density at radius 1 is 1.46 bits per heavy atom. The lowest BCUT2D eigenvalue weighted by Crippen LogP contribution is -2.10. The van der Waals surface area contributed by atoms with E-state index in [1.807, 2.05) is 6.07 Å². The summed E-state index contributed by atoms with van der Waals surface area (Å²) in [4.78, 5) is 4.66. The lowest BCUT2D eigenvalue weighted by atomic mass is 10.1. The Morgan fingerprint density at radius 3 is 2.77 bits per heavy atom. The minimum Gasteiger partial charge on any atom is -0.508 e. The van der Waals surface area contributed by atoms with Crippen molar-refractivity contribution in [1.82, 2.24) is 5.48 Å². The molecule has 0 bridgehead atoms. The van der Waals surface area contributed by atoms with Crippen molar-refractivity contribution < 1.29 is 15.1 Å². The fourth-order valence-electron chi connectivity index (χ4n) is 1.01. The predicted molar refractivity (Wildman–Crippen MR) is 47.9 cm³/mol. The van der Waals surface area contributed by atoms with Crippen LogP contribution in [0.15, 0.2) is 18.2 Å². The third-order valence-electron chi connectivity index (χ3n) is 1.74. The molecule has 0 radical (unpaired) electrons. The first-order valence-electron chi connectivity index (χ1n) is 3.95. The Labute approximate surface area is 76.7 Å². The van der Waals surface area contributed by atoms with Crippen LogP contribution in [0.2, 0.25) is 0 Å². The summed E-state index contributed by atoms with van der Waals surface area (Å²) >= 11 is 0. The van der Waals surface area contributed by atoms with Gasteiger partial charge in [-0.3, -0.25) is 0 Å². The van der Waals surface area contributed by atoms with Crippen molar-refractivity contribution in [1.29, 1.82) is 0 Å². The van der Waals surface area contributed by atoms with Gasteiger partial charge in [-0.25, -0.2) is 0 Å². The highest BCUT2D eigenvalue weighted by Crippen LogP contribution is 2.18. The van der Waals surface area contributed by atoms with Gasteiger partial charge in [-0.1, -0.05) is 12.1 Å². The van der Waals surface area contributed by atoms with Crippen LogP contribution in [0.1, 0.15) is 11.1 Å². The number of phenols is 1. The van der Waals surface area contributed by atoms with Crippen LogP contribution in [0.3, 0.4) is 0 Å². The van der Waals surface area contributed by atoms with Gasteiger partial charge in [-0.2, -0.15) is 5.48 Å². The van der Waals surface area contributed by atoms with Crippen molar-refractivity contribution >= 4 is 0 Å². The van der Waals surface area contributed by atoms with Crippen LogP contribution in [0.4, 0.5) is 0 Å². The average molecular weight is 183 g/mol. The van der Waals surface area contributed by atoms with Crippen molar-refractivity contribution in [3.63, 3.8) is 0 Å². The molecule has 0 fully saturated rings. The summed E-state index contributed by atoms with van der Waals surface area (Å²) in [5, 5.41) is 18.1. The molecule has 0 amide bonds. The Balaban J connectivity index is 2.71. The molecule has 13 heavy (non-hydrogen) atoms. The Bertz CT molecular complexity index is 276. The molecule has 0 aromatic heterocycles. The van der Waals surface area contributed by atoms with Gasteiger partial charge in [0.25, 0.3) is 0 Å². The van der Waals surface area contributed by atoms with E-state index in [1.165, 1.54) is 7.11 Å². The molecule has 0 saturated carbocycles. The average Bonchev–Trinajstić information content (AvgIpc) is 2.15. The quantitative estimate of drug-likeness (QED) is 0.596. The van der Waals surface area contributed by atoms with E-state index in [0.29, 0.717) is 12.1 Å². The van der Waals surface area contributed by atoms with Gasteiger partial charge in [0.15, 0.2) is 0 Å². The van der Waals surface area contributed by atoms with E-state index in [1.54, 1.807) is 12.1 Å². The largest absolute Gasteiger partial charge is 0.508 e. The van der Waals surface area contributed by atoms with Crippen LogP contribution in [-0.4, -0.2) is 17.3 Å². The molecule has 0 saturated heterocycles. The van der Waals surface area contributed by atoms with Gasteiger partial charge < -0.3 is 15.1 Å². The molecule has 3 N–H and O–H groups in total. The Hall–Kier alpha value is -1.10. The molecule has 72 valence electrons. The molecule has 4 nitrogen and oxygen atoms in total.